The van der Waals surface area contributed by atoms with E-state index in [1.54, 1.807) is 39.2 Å². The number of carbonyl (C=O) groups excluding carboxylic acids is 2. The molecule has 0 bridgehead atoms. The first-order chi connectivity index (χ1) is 11.6. The summed E-state index contributed by atoms with van der Waals surface area (Å²) >= 11 is 0. The second-order valence-corrected chi connectivity index (χ2v) is 4.77. The van der Waals surface area contributed by atoms with Crippen LogP contribution in [0.3, 0.4) is 0 Å². The Morgan fingerprint density at radius 1 is 0.958 bits per heavy atom. The lowest BCUT2D eigenvalue weighted by Gasteiger charge is -2.11. The predicted octanol–water partition coefficient (Wildman–Crippen LogP) is 3.11. The van der Waals surface area contributed by atoms with Gasteiger partial charge in [0.2, 0.25) is 0 Å². The molecular formula is C18H19NO5. The molecule has 24 heavy (non-hydrogen) atoms. The van der Waals surface area contributed by atoms with Crippen molar-refractivity contribution in [3.8, 4) is 16.9 Å². The third kappa shape index (κ3) is 3.90. The van der Waals surface area contributed by atoms with Gasteiger partial charge in [0, 0.05) is 5.56 Å². The lowest BCUT2D eigenvalue weighted by molar-refractivity contribution is 0.0511. The van der Waals surface area contributed by atoms with Crippen molar-refractivity contribution in [2.24, 2.45) is 0 Å². The van der Waals surface area contributed by atoms with Crippen LogP contribution in [0.15, 0.2) is 36.4 Å². The minimum Gasteiger partial charge on any atom is -0.496 e. The highest BCUT2D eigenvalue weighted by Crippen LogP contribution is 2.30. The van der Waals surface area contributed by atoms with E-state index in [-0.39, 0.29) is 24.6 Å². The maximum absolute atomic E-state index is 12.0. The number of hydrogen-bond acceptors (Lipinski definition) is 6. The van der Waals surface area contributed by atoms with Gasteiger partial charge in [-0.2, -0.15) is 0 Å². The van der Waals surface area contributed by atoms with E-state index in [1.807, 2.05) is 18.2 Å². The van der Waals surface area contributed by atoms with Gasteiger partial charge in [0.1, 0.15) is 17.1 Å². The van der Waals surface area contributed by atoms with Gasteiger partial charge < -0.3 is 14.2 Å². The summed E-state index contributed by atoms with van der Waals surface area (Å²) in [6.07, 6.45) is 0. The number of benzene rings is 1. The van der Waals surface area contributed by atoms with Crippen molar-refractivity contribution in [1.29, 1.82) is 0 Å². The van der Waals surface area contributed by atoms with Crippen LogP contribution in [0, 0.1) is 0 Å². The van der Waals surface area contributed by atoms with E-state index < -0.39 is 11.9 Å². The highest BCUT2D eigenvalue weighted by atomic mass is 16.5. The van der Waals surface area contributed by atoms with Crippen LogP contribution >= 0.6 is 0 Å². The molecular weight excluding hydrogens is 310 g/mol. The normalized spacial score (nSPS) is 10.1. The van der Waals surface area contributed by atoms with Gasteiger partial charge in [0.15, 0.2) is 0 Å². The molecule has 0 amide bonds. The number of para-hydroxylation sites is 1. The molecule has 126 valence electrons. The van der Waals surface area contributed by atoms with Gasteiger partial charge in [-0.3, -0.25) is 0 Å². The fourth-order valence-corrected chi connectivity index (χ4v) is 2.19. The molecule has 0 spiro atoms. The average molecular weight is 329 g/mol. The number of methoxy groups -OCH3 is 1. The van der Waals surface area contributed by atoms with Crippen molar-refractivity contribution in [3.05, 3.63) is 47.8 Å². The zero-order valence-corrected chi connectivity index (χ0v) is 13.9. The summed E-state index contributed by atoms with van der Waals surface area (Å²) in [5.74, 6) is -0.576. The summed E-state index contributed by atoms with van der Waals surface area (Å²) in [5, 5.41) is 0. The SMILES string of the molecule is CCOC(=O)c1cc(-c2ccccc2OC)cc(C(=O)OCC)n1. The zero-order chi connectivity index (χ0) is 17.5. The monoisotopic (exact) mass is 329 g/mol. The highest BCUT2D eigenvalue weighted by Gasteiger charge is 2.18. The first-order valence-corrected chi connectivity index (χ1v) is 7.60. The fourth-order valence-electron chi connectivity index (χ4n) is 2.19. The Morgan fingerprint density at radius 2 is 1.50 bits per heavy atom. The van der Waals surface area contributed by atoms with Gasteiger partial charge in [0.25, 0.3) is 0 Å². The third-order valence-electron chi connectivity index (χ3n) is 3.21. The van der Waals surface area contributed by atoms with E-state index in [0.717, 1.165) is 5.56 Å². The molecule has 0 N–H and O–H groups in total. The second kappa shape index (κ2) is 8.10. The van der Waals surface area contributed by atoms with Gasteiger partial charge in [-0.1, -0.05) is 18.2 Å². The summed E-state index contributed by atoms with van der Waals surface area (Å²) in [6.45, 7) is 3.84. The molecule has 0 radical (unpaired) electrons. The van der Waals surface area contributed by atoms with Crippen LogP contribution in [0.2, 0.25) is 0 Å². The average Bonchev–Trinajstić information content (AvgIpc) is 2.61. The summed E-state index contributed by atoms with van der Waals surface area (Å²) in [6, 6.07) is 10.4. The van der Waals surface area contributed by atoms with Crippen molar-refractivity contribution in [2.45, 2.75) is 13.8 Å². The summed E-state index contributed by atoms with van der Waals surface area (Å²) in [5.41, 5.74) is 1.44. The number of aromatic nitrogens is 1. The Balaban J connectivity index is 2.57. The highest BCUT2D eigenvalue weighted by molar-refractivity contribution is 5.94. The molecule has 0 fully saturated rings. The summed E-state index contributed by atoms with van der Waals surface area (Å²) in [4.78, 5) is 28.2. The van der Waals surface area contributed by atoms with E-state index in [4.69, 9.17) is 14.2 Å². The van der Waals surface area contributed by atoms with Crippen molar-refractivity contribution >= 4 is 11.9 Å². The molecule has 6 nitrogen and oxygen atoms in total. The van der Waals surface area contributed by atoms with E-state index in [1.165, 1.54) is 0 Å². The standard InChI is InChI=1S/C18H19NO5/c1-4-23-17(20)14-10-12(11-15(19-14)18(21)24-5-2)13-8-6-7-9-16(13)22-3/h6-11H,4-5H2,1-3H3. The van der Waals surface area contributed by atoms with Crippen LogP contribution in [0.25, 0.3) is 11.1 Å². The van der Waals surface area contributed by atoms with Crippen molar-refractivity contribution in [2.75, 3.05) is 20.3 Å². The fraction of sp³-hybridized carbons (Fsp3) is 0.278. The molecule has 1 heterocycles. The van der Waals surface area contributed by atoms with Gasteiger partial charge >= 0.3 is 11.9 Å². The first kappa shape index (κ1) is 17.5. The Bertz CT molecular complexity index is 706. The Labute approximate surface area is 140 Å². The number of hydrogen-bond donors (Lipinski definition) is 0. The van der Waals surface area contributed by atoms with E-state index >= 15 is 0 Å². The molecule has 2 aromatic rings. The van der Waals surface area contributed by atoms with Crippen molar-refractivity contribution < 1.29 is 23.8 Å². The molecule has 0 saturated heterocycles. The van der Waals surface area contributed by atoms with E-state index in [0.29, 0.717) is 11.3 Å². The lowest BCUT2D eigenvalue weighted by atomic mass is 10.0. The Hall–Kier alpha value is -2.89. The quantitative estimate of drug-likeness (QED) is 0.758. The van der Waals surface area contributed by atoms with Crippen molar-refractivity contribution in [3.63, 3.8) is 0 Å². The molecule has 6 heteroatoms. The maximum Gasteiger partial charge on any atom is 0.356 e. The molecule has 0 aliphatic carbocycles. The predicted molar refractivity (Wildman–Crippen MR) is 88.1 cm³/mol. The van der Waals surface area contributed by atoms with Crippen LogP contribution in [0.4, 0.5) is 0 Å². The van der Waals surface area contributed by atoms with Crippen LogP contribution in [-0.4, -0.2) is 37.2 Å². The van der Waals surface area contributed by atoms with Gasteiger partial charge in [-0.15, -0.1) is 0 Å². The number of esters is 2. The number of ether oxygens (including phenoxy) is 3. The lowest BCUT2D eigenvalue weighted by Crippen LogP contribution is -2.13. The van der Waals surface area contributed by atoms with Crippen molar-refractivity contribution in [1.82, 2.24) is 4.98 Å². The topological polar surface area (TPSA) is 74.7 Å². The number of rotatable bonds is 6. The van der Waals surface area contributed by atoms with Crippen LogP contribution in [0.1, 0.15) is 34.8 Å². The number of carbonyl (C=O) groups is 2. The number of nitrogens with zero attached hydrogens (tertiary/aromatic N) is 1. The largest absolute Gasteiger partial charge is 0.496 e. The molecule has 2 rings (SSSR count). The minimum absolute atomic E-state index is 0.0447. The van der Waals surface area contributed by atoms with E-state index in [2.05, 4.69) is 4.98 Å². The summed E-state index contributed by atoms with van der Waals surface area (Å²) < 4.78 is 15.3. The van der Waals surface area contributed by atoms with Crippen LogP contribution in [-0.2, 0) is 9.47 Å². The van der Waals surface area contributed by atoms with E-state index in [9.17, 15) is 9.59 Å². The molecule has 0 unspecified atom stereocenters. The molecule has 0 atom stereocenters. The van der Waals surface area contributed by atoms with Gasteiger partial charge in [-0.05, 0) is 37.6 Å². The second-order valence-electron chi connectivity index (χ2n) is 4.77. The molecule has 0 aliphatic rings. The van der Waals surface area contributed by atoms with Crippen LogP contribution < -0.4 is 4.74 Å². The first-order valence-electron chi connectivity index (χ1n) is 7.60. The summed E-state index contributed by atoms with van der Waals surface area (Å²) in [7, 11) is 1.55. The maximum atomic E-state index is 12.0. The van der Waals surface area contributed by atoms with Crippen LogP contribution in [0.5, 0.6) is 5.75 Å². The molecule has 0 saturated carbocycles. The smallest absolute Gasteiger partial charge is 0.356 e. The Kier molecular flexibility index (Phi) is 5.89. The number of pyridine rings is 1. The third-order valence-corrected chi connectivity index (χ3v) is 3.21. The Morgan fingerprint density at radius 3 is 2.00 bits per heavy atom. The molecule has 1 aromatic heterocycles. The molecule has 0 aliphatic heterocycles. The molecule has 1 aromatic carbocycles. The minimum atomic E-state index is -0.597. The van der Waals surface area contributed by atoms with Gasteiger partial charge in [0.05, 0.1) is 20.3 Å². The zero-order valence-electron chi connectivity index (χ0n) is 13.9. The van der Waals surface area contributed by atoms with Gasteiger partial charge in [-0.25, -0.2) is 14.6 Å².